The highest BCUT2D eigenvalue weighted by Crippen LogP contribution is 2.38. The van der Waals surface area contributed by atoms with E-state index in [4.69, 9.17) is 4.42 Å². The Balaban J connectivity index is 2.08. The van der Waals surface area contributed by atoms with Crippen LogP contribution in [-0.4, -0.2) is 0 Å². The predicted octanol–water partition coefficient (Wildman–Crippen LogP) is 6.51. The molecule has 5 rings (SSSR count). The molecule has 0 saturated carbocycles. The van der Waals surface area contributed by atoms with Gasteiger partial charge in [-0.3, -0.25) is 0 Å². The van der Waals surface area contributed by atoms with E-state index in [0.717, 1.165) is 11.2 Å². The number of hydrogen-bond donors (Lipinski definition) is 0. The highest BCUT2D eigenvalue weighted by Gasteiger charge is 2.13. The molecule has 0 fully saturated rings. The molecule has 1 nitrogen and oxygen atoms in total. The van der Waals surface area contributed by atoms with Gasteiger partial charge in [0.05, 0.1) is 0 Å². The van der Waals surface area contributed by atoms with Crippen LogP contribution in [0.4, 0.5) is 0 Å². The van der Waals surface area contributed by atoms with Gasteiger partial charge in [0, 0.05) is 10.8 Å². The average molecular weight is 296 g/mol. The zero-order valence-electron chi connectivity index (χ0n) is 13.2. The lowest BCUT2D eigenvalue weighted by Crippen LogP contribution is -1.82. The zero-order valence-corrected chi connectivity index (χ0v) is 13.2. The highest BCUT2D eigenvalue weighted by molar-refractivity contribution is 6.21. The van der Waals surface area contributed by atoms with Crippen LogP contribution in [0.5, 0.6) is 0 Å². The Morgan fingerprint density at radius 3 is 2.17 bits per heavy atom. The Labute approximate surface area is 134 Å². The number of aryl methyl sites for hydroxylation is 2. The van der Waals surface area contributed by atoms with Crippen molar-refractivity contribution >= 4 is 43.5 Å². The molecule has 110 valence electrons. The van der Waals surface area contributed by atoms with E-state index >= 15 is 0 Å². The van der Waals surface area contributed by atoms with E-state index in [1.54, 1.807) is 0 Å². The van der Waals surface area contributed by atoms with Gasteiger partial charge in [-0.2, -0.15) is 0 Å². The summed E-state index contributed by atoms with van der Waals surface area (Å²) in [5.74, 6) is 0. The first-order valence-electron chi connectivity index (χ1n) is 7.96. The molecule has 1 heteroatoms. The quantitative estimate of drug-likeness (QED) is 0.297. The number of rotatable bonds is 0. The topological polar surface area (TPSA) is 13.1 Å². The summed E-state index contributed by atoms with van der Waals surface area (Å²) in [6.07, 6.45) is 0. The van der Waals surface area contributed by atoms with Crippen molar-refractivity contribution in [1.82, 2.24) is 0 Å². The second-order valence-corrected chi connectivity index (χ2v) is 6.41. The molecule has 0 saturated heterocycles. The maximum absolute atomic E-state index is 6.13. The Hall–Kier alpha value is -2.80. The third kappa shape index (κ3) is 1.74. The van der Waals surface area contributed by atoms with E-state index in [9.17, 15) is 0 Å². The SMILES string of the molecule is Cc1ccc2c(c1)oc1cc(C)c3cc4ccccc4cc3c12. The van der Waals surface area contributed by atoms with Gasteiger partial charge in [0.25, 0.3) is 0 Å². The van der Waals surface area contributed by atoms with Gasteiger partial charge in [-0.15, -0.1) is 0 Å². The Morgan fingerprint density at radius 2 is 1.39 bits per heavy atom. The molecule has 0 aliphatic heterocycles. The number of benzene rings is 4. The van der Waals surface area contributed by atoms with Crippen LogP contribution in [0.3, 0.4) is 0 Å². The Bertz CT molecular complexity index is 1220. The van der Waals surface area contributed by atoms with Gasteiger partial charge in [-0.1, -0.05) is 36.4 Å². The normalized spacial score (nSPS) is 11.9. The lowest BCUT2D eigenvalue weighted by Gasteiger charge is -2.07. The van der Waals surface area contributed by atoms with Crippen LogP contribution in [0.15, 0.2) is 65.1 Å². The van der Waals surface area contributed by atoms with Gasteiger partial charge in [-0.05, 0) is 70.8 Å². The second-order valence-electron chi connectivity index (χ2n) is 6.41. The highest BCUT2D eigenvalue weighted by atomic mass is 16.3. The van der Waals surface area contributed by atoms with Crippen molar-refractivity contribution in [3.63, 3.8) is 0 Å². The van der Waals surface area contributed by atoms with Gasteiger partial charge in [0.2, 0.25) is 0 Å². The van der Waals surface area contributed by atoms with E-state index < -0.39 is 0 Å². The smallest absolute Gasteiger partial charge is 0.136 e. The first-order chi connectivity index (χ1) is 11.2. The van der Waals surface area contributed by atoms with Crippen molar-refractivity contribution in [2.45, 2.75) is 13.8 Å². The molecule has 0 aliphatic carbocycles. The van der Waals surface area contributed by atoms with Gasteiger partial charge >= 0.3 is 0 Å². The Kier molecular flexibility index (Phi) is 2.41. The molecule has 0 aliphatic rings. The molecular weight excluding hydrogens is 280 g/mol. The van der Waals surface area contributed by atoms with Crippen molar-refractivity contribution < 1.29 is 4.42 Å². The lowest BCUT2D eigenvalue weighted by molar-refractivity contribution is 0.668. The van der Waals surface area contributed by atoms with Crippen LogP contribution < -0.4 is 0 Å². The molecule has 4 aromatic carbocycles. The molecule has 0 bridgehead atoms. The summed E-state index contributed by atoms with van der Waals surface area (Å²) in [7, 11) is 0. The minimum Gasteiger partial charge on any atom is -0.456 e. The average Bonchev–Trinajstić information content (AvgIpc) is 2.90. The van der Waals surface area contributed by atoms with E-state index in [2.05, 4.69) is 74.5 Å². The molecule has 0 radical (unpaired) electrons. The molecule has 5 aromatic rings. The summed E-state index contributed by atoms with van der Waals surface area (Å²) in [6, 6.07) is 21.8. The van der Waals surface area contributed by atoms with Crippen molar-refractivity contribution in [3.05, 3.63) is 71.8 Å². The summed E-state index contributed by atoms with van der Waals surface area (Å²) in [4.78, 5) is 0. The van der Waals surface area contributed by atoms with Crippen LogP contribution in [0.25, 0.3) is 43.5 Å². The third-order valence-electron chi connectivity index (χ3n) is 4.80. The van der Waals surface area contributed by atoms with Crippen molar-refractivity contribution in [1.29, 1.82) is 0 Å². The van der Waals surface area contributed by atoms with Crippen LogP contribution >= 0.6 is 0 Å². The Morgan fingerprint density at radius 1 is 0.652 bits per heavy atom. The monoisotopic (exact) mass is 296 g/mol. The standard InChI is InChI=1S/C22H16O/c1-13-7-8-17-20(9-13)23-21-10-14(2)18-11-15-5-3-4-6-16(15)12-19(18)22(17)21/h3-12H,1-2H3. The van der Waals surface area contributed by atoms with Gasteiger partial charge in [0.15, 0.2) is 0 Å². The molecule has 0 spiro atoms. The van der Waals surface area contributed by atoms with Crippen LogP contribution in [0, 0.1) is 13.8 Å². The molecule has 1 aromatic heterocycles. The van der Waals surface area contributed by atoms with E-state index in [1.807, 2.05) is 0 Å². The predicted molar refractivity (Wildman–Crippen MR) is 98.2 cm³/mol. The minimum absolute atomic E-state index is 0.972. The van der Waals surface area contributed by atoms with Crippen LogP contribution in [0.1, 0.15) is 11.1 Å². The molecule has 0 atom stereocenters. The molecule has 1 heterocycles. The fourth-order valence-corrected chi connectivity index (χ4v) is 3.65. The number of furan rings is 1. The molecule has 0 N–H and O–H groups in total. The van der Waals surface area contributed by atoms with E-state index in [1.165, 1.54) is 43.4 Å². The largest absolute Gasteiger partial charge is 0.456 e. The summed E-state index contributed by atoms with van der Waals surface area (Å²) in [6.45, 7) is 4.26. The van der Waals surface area contributed by atoms with Crippen molar-refractivity contribution in [2.24, 2.45) is 0 Å². The molecule has 23 heavy (non-hydrogen) atoms. The third-order valence-corrected chi connectivity index (χ3v) is 4.80. The van der Waals surface area contributed by atoms with Gasteiger partial charge in [0.1, 0.15) is 11.2 Å². The zero-order chi connectivity index (χ0) is 15.6. The van der Waals surface area contributed by atoms with Gasteiger partial charge < -0.3 is 4.42 Å². The van der Waals surface area contributed by atoms with Crippen LogP contribution in [-0.2, 0) is 0 Å². The molecular formula is C22H16O. The number of fused-ring (bicyclic) bond motifs is 6. The van der Waals surface area contributed by atoms with Crippen molar-refractivity contribution in [2.75, 3.05) is 0 Å². The summed E-state index contributed by atoms with van der Waals surface area (Å²) >= 11 is 0. The van der Waals surface area contributed by atoms with E-state index in [-0.39, 0.29) is 0 Å². The lowest BCUT2D eigenvalue weighted by atomic mass is 9.96. The fourth-order valence-electron chi connectivity index (χ4n) is 3.65. The molecule has 0 unspecified atom stereocenters. The second kappa shape index (κ2) is 4.36. The van der Waals surface area contributed by atoms with Crippen molar-refractivity contribution in [3.8, 4) is 0 Å². The summed E-state index contributed by atoms with van der Waals surface area (Å²) < 4.78 is 6.13. The maximum atomic E-state index is 6.13. The first-order valence-corrected chi connectivity index (χ1v) is 7.96. The summed E-state index contributed by atoms with van der Waals surface area (Å²) in [5, 5.41) is 7.57. The first kappa shape index (κ1) is 12.7. The fraction of sp³-hybridized carbons (Fsp3) is 0.0909. The summed E-state index contributed by atoms with van der Waals surface area (Å²) in [5.41, 5.74) is 4.43. The minimum atomic E-state index is 0.972. The molecule has 0 amide bonds. The van der Waals surface area contributed by atoms with Crippen LogP contribution in [0.2, 0.25) is 0 Å². The van der Waals surface area contributed by atoms with E-state index in [0.29, 0.717) is 0 Å². The van der Waals surface area contributed by atoms with Gasteiger partial charge in [-0.25, -0.2) is 0 Å². The number of hydrogen-bond acceptors (Lipinski definition) is 1. The maximum Gasteiger partial charge on any atom is 0.136 e.